The van der Waals surface area contributed by atoms with E-state index in [1.165, 1.54) is 12.1 Å². The van der Waals surface area contributed by atoms with Crippen molar-refractivity contribution in [2.24, 2.45) is 5.92 Å². The second-order valence-corrected chi connectivity index (χ2v) is 5.80. The van der Waals surface area contributed by atoms with Gasteiger partial charge in [0.25, 0.3) is 0 Å². The highest BCUT2D eigenvalue weighted by molar-refractivity contribution is 9.10. The molecule has 6 heteroatoms. The second-order valence-electron chi connectivity index (χ2n) is 4.88. The first-order valence-electron chi connectivity index (χ1n) is 6.52. The minimum absolute atomic E-state index is 0.0537. The number of rotatable bonds is 4. The van der Waals surface area contributed by atoms with E-state index in [-0.39, 0.29) is 17.9 Å². The molecule has 0 aromatic heterocycles. The average molecular weight is 350 g/mol. The lowest BCUT2D eigenvalue weighted by molar-refractivity contribution is -0.141. The van der Waals surface area contributed by atoms with Crippen LogP contribution in [0, 0.1) is 17.6 Å². The van der Waals surface area contributed by atoms with Crippen LogP contribution in [0.15, 0.2) is 16.6 Å². The van der Waals surface area contributed by atoms with Gasteiger partial charge in [0.05, 0.1) is 0 Å². The van der Waals surface area contributed by atoms with Gasteiger partial charge in [-0.3, -0.25) is 0 Å². The molecule has 2 rings (SSSR count). The van der Waals surface area contributed by atoms with Crippen LogP contribution >= 0.6 is 15.9 Å². The molecule has 0 N–H and O–H groups in total. The van der Waals surface area contributed by atoms with Crippen molar-refractivity contribution in [3.8, 4) is 0 Å². The van der Waals surface area contributed by atoms with Gasteiger partial charge in [0, 0.05) is 37.7 Å². The van der Waals surface area contributed by atoms with E-state index < -0.39 is 11.6 Å². The Bertz CT molecular complexity index is 437. The van der Waals surface area contributed by atoms with Crippen LogP contribution in [0.5, 0.6) is 0 Å². The lowest BCUT2D eigenvalue weighted by Gasteiger charge is -2.36. The van der Waals surface area contributed by atoms with Gasteiger partial charge in [-0.25, -0.2) is 8.78 Å². The molecule has 1 fully saturated rings. The van der Waals surface area contributed by atoms with Crippen molar-refractivity contribution >= 4 is 21.6 Å². The summed E-state index contributed by atoms with van der Waals surface area (Å²) in [6, 6.07) is 2.58. The number of ether oxygens (including phenoxy) is 2. The molecule has 0 amide bonds. The van der Waals surface area contributed by atoms with Crippen LogP contribution in [0.3, 0.4) is 0 Å². The fraction of sp³-hybridized carbons (Fsp3) is 0.571. The number of benzene rings is 1. The topological polar surface area (TPSA) is 21.7 Å². The van der Waals surface area contributed by atoms with Gasteiger partial charge in [-0.1, -0.05) is 15.9 Å². The lowest BCUT2D eigenvalue weighted by atomic mass is 9.95. The number of hydrogen-bond donors (Lipinski definition) is 0. The molecule has 0 unspecified atom stereocenters. The van der Waals surface area contributed by atoms with E-state index in [0.717, 1.165) is 12.8 Å². The Kier molecular flexibility index (Phi) is 5.35. The average Bonchev–Trinajstić information content (AvgIpc) is 2.40. The van der Waals surface area contributed by atoms with Gasteiger partial charge in [0.1, 0.15) is 5.69 Å². The minimum Gasteiger partial charge on any atom is -0.367 e. The van der Waals surface area contributed by atoms with E-state index in [9.17, 15) is 8.78 Å². The summed E-state index contributed by atoms with van der Waals surface area (Å²) in [5, 5.41) is 0. The maximum absolute atomic E-state index is 13.9. The van der Waals surface area contributed by atoms with Crippen molar-refractivity contribution in [3.05, 3.63) is 28.2 Å². The van der Waals surface area contributed by atoms with Crippen LogP contribution < -0.4 is 4.90 Å². The zero-order chi connectivity index (χ0) is 14.7. The van der Waals surface area contributed by atoms with E-state index in [2.05, 4.69) is 15.9 Å². The molecule has 3 nitrogen and oxygen atoms in total. The van der Waals surface area contributed by atoms with E-state index >= 15 is 0 Å². The molecule has 20 heavy (non-hydrogen) atoms. The molecule has 0 saturated carbocycles. The van der Waals surface area contributed by atoms with Gasteiger partial charge < -0.3 is 14.4 Å². The summed E-state index contributed by atoms with van der Waals surface area (Å²) in [4.78, 5) is 1.75. The molecule has 0 radical (unpaired) electrons. The zero-order valence-electron chi connectivity index (χ0n) is 11.5. The number of piperidine rings is 1. The fourth-order valence-corrected chi connectivity index (χ4v) is 3.12. The molecular formula is C14H18BrF2NO2. The van der Waals surface area contributed by atoms with Crippen molar-refractivity contribution in [2.45, 2.75) is 19.1 Å². The molecule has 0 aliphatic carbocycles. The van der Waals surface area contributed by atoms with Gasteiger partial charge in [-0.15, -0.1) is 0 Å². The standard InChI is InChI=1S/C14H18BrF2NO2/c1-19-14(20-2)9-3-5-18(6-4-9)13-11(16)7-10(15)8-12(13)17/h7-9,14H,3-6H2,1-2H3. The first-order valence-corrected chi connectivity index (χ1v) is 7.31. The Morgan fingerprint density at radius 1 is 1.15 bits per heavy atom. The quantitative estimate of drug-likeness (QED) is 0.775. The van der Waals surface area contributed by atoms with Crippen LogP contribution in [-0.4, -0.2) is 33.6 Å². The number of halogens is 3. The third-order valence-corrected chi connectivity index (χ3v) is 4.14. The Hall–Kier alpha value is -0.720. The smallest absolute Gasteiger partial charge is 0.159 e. The summed E-state index contributed by atoms with van der Waals surface area (Å²) in [6.45, 7) is 1.17. The fourth-order valence-electron chi connectivity index (χ4n) is 2.71. The molecule has 1 aliphatic rings. The van der Waals surface area contributed by atoms with Gasteiger partial charge >= 0.3 is 0 Å². The monoisotopic (exact) mass is 349 g/mol. The predicted octanol–water partition coefficient (Wildman–Crippen LogP) is 3.56. The summed E-state index contributed by atoms with van der Waals surface area (Å²) < 4.78 is 38.7. The van der Waals surface area contributed by atoms with Crippen LogP contribution in [-0.2, 0) is 9.47 Å². The SMILES string of the molecule is COC(OC)C1CCN(c2c(F)cc(Br)cc2F)CC1. The molecule has 1 aromatic carbocycles. The van der Waals surface area contributed by atoms with Crippen LogP contribution in [0.25, 0.3) is 0 Å². The maximum atomic E-state index is 13.9. The third kappa shape index (κ3) is 3.30. The van der Waals surface area contributed by atoms with E-state index in [1.54, 1.807) is 19.1 Å². The summed E-state index contributed by atoms with van der Waals surface area (Å²) in [5.74, 6) is -0.821. The zero-order valence-corrected chi connectivity index (χ0v) is 13.1. The minimum atomic E-state index is -0.537. The van der Waals surface area contributed by atoms with E-state index in [1.807, 2.05) is 0 Å². The molecule has 1 aliphatic heterocycles. The highest BCUT2D eigenvalue weighted by atomic mass is 79.9. The Labute approximate surface area is 126 Å². The van der Waals surface area contributed by atoms with E-state index in [0.29, 0.717) is 17.6 Å². The van der Waals surface area contributed by atoms with Crippen LogP contribution in [0.4, 0.5) is 14.5 Å². The molecule has 0 atom stereocenters. The van der Waals surface area contributed by atoms with Gasteiger partial charge in [0.2, 0.25) is 0 Å². The molecule has 112 valence electrons. The Morgan fingerprint density at radius 3 is 2.10 bits per heavy atom. The molecule has 1 saturated heterocycles. The van der Waals surface area contributed by atoms with E-state index in [4.69, 9.17) is 9.47 Å². The first kappa shape index (κ1) is 15.7. The summed E-state index contributed by atoms with van der Waals surface area (Å²) in [7, 11) is 3.21. The van der Waals surface area contributed by atoms with Gasteiger partial charge in [-0.2, -0.15) is 0 Å². The van der Waals surface area contributed by atoms with Gasteiger partial charge in [-0.05, 0) is 25.0 Å². The summed E-state index contributed by atoms with van der Waals surface area (Å²) in [6.07, 6.45) is 1.31. The highest BCUT2D eigenvalue weighted by Gasteiger charge is 2.28. The number of nitrogens with zero attached hydrogens (tertiary/aromatic N) is 1. The summed E-state index contributed by atoms with van der Waals surface area (Å²) >= 11 is 3.09. The molecule has 1 aromatic rings. The first-order chi connectivity index (χ1) is 9.56. The predicted molar refractivity (Wildman–Crippen MR) is 76.8 cm³/mol. The van der Waals surface area contributed by atoms with Crippen molar-refractivity contribution < 1.29 is 18.3 Å². The largest absolute Gasteiger partial charge is 0.367 e. The maximum Gasteiger partial charge on any atom is 0.159 e. The Morgan fingerprint density at radius 2 is 1.65 bits per heavy atom. The third-order valence-electron chi connectivity index (χ3n) is 3.69. The molecule has 0 bridgehead atoms. The second kappa shape index (κ2) is 6.83. The molecule has 0 spiro atoms. The Balaban J connectivity index is 2.08. The van der Waals surface area contributed by atoms with Crippen LogP contribution in [0.2, 0.25) is 0 Å². The molecular weight excluding hydrogens is 332 g/mol. The highest BCUT2D eigenvalue weighted by Crippen LogP contribution is 2.31. The van der Waals surface area contributed by atoms with Gasteiger partial charge in [0.15, 0.2) is 17.9 Å². The van der Waals surface area contributed by atoms with Crippen molar-refractivity contribution in [1.82, 2.24) is 0 Å². The number of hydrogen-bond acceptors (Lipinski definition) is 3. The van der Waals surface area contributed by atoms with Crippen molar-refractivity contribution in [2.75, 3.05) is 32.2 Å². The summed E-state index contributed by atoms with van der Waals surface area (Å²) in [5.41, 5.74) is 0.0537. The number of anilines is 1. The molecule has 1 heterocycles. The van der Waals surface area contributed by atoms with Crippen molar-refractivity contribution in [1.29, 1.82) is 0 Å². The van der Waals surface area contributed by atoms with Crippen LogP contribution in [0.1, 0.15) is 12.8 Å². The normalized spacial score (nSPS) is 17.0. The number of methoxy groups -OCH3 is 2. The van der Waals surface area contributed by atoms with Crippen molar-refractivity contribution in [3.63, 3.8) is 0 Å². The lowest BCUT2D eigenvalue weighted by Crippen LogP contribution is -2.39.